The van der Waals surface area contributed by atoms with Crippen molar-refractivity contribution in [2.75, 3.05) is 11.5 Å². The Balaban J connectivity index is 1.65. The summed E-state index contributed by atoms with van der Waals surface area (Å²) in [5, 5.41) is 11.8. The Labute approximate surface area is 183 Å². The fourth-order valence-electron chi connectivity index (χ4n) is 4.64. The predicted octanol–water partition coefficient (Wildman–Crippen LogP) is 6.77. The molecule has 0 saturated heterocycles. The molecule has 1 amide bonds. The number of fused-ring (bicyclic) bond motifs is 1. The molecule has 160 valence electrons. The van der Waals surface area contributed by atoms with Gasteiger partial charge in [0.2, 0.25) is 5.91 Å². The zero-order valence-electron chi connectivity index (χ0n) is 17.9. The van der Waals surface area contributed by atoms with Crippen LogP contribution in [-0.2, 0) is 9.53 Å². The Morgan fingerprint density at radius 3 is 2.63 bits per heavy atom. The molecule has 1 fully saturated rings. The highest BCUT2D eigenvalue weighted by Crippen LogP contribution is 2.47. The molecule has 1 aromatic heterocycles. The molecule has 4 nitrogen and oxygen atoms in total. The summed E-state index contributed by atoms with van der Waals surface area (Å²) < 4.78 is 5.82. The molecule has 0 bridgehead atoms. The largest absolute Gasteiger partial charge is 0.506 e. The molecule has 0 spiro atoms. The van der Waals surface area contributed by atoms with Crippen LogP contribution in [0.3, 0.4) is 0 Å². The molecule has 2 aliphatic rings. The van der Waals surface area contributed by atoms with Crippen LogP contribution in [0.15, 0.2) is 42.2 Å². The quantitative estimate of drug-likeness (QED) is 0.555. The van der Waals surface area contributed by atoms with Crippen LogP contribution in [0, 0.1) is 5.92 Å². The number of nitrogens with zero attached hydrogens (tertiary/aromatic N) is 1. The van der Waals surface area contributed by atoms with Gasteiger partial charge in [-0.3, -0.25) is 9.69 Å². The van der Waals surface area contributed by atoms with Crippen molar-refractivity contribution in [2.45, 2.75) is 64.8 Å². The summed E-state index contributed by atoms with van der Waals surface area (Å²) in [7, 11) is 0. The first-order valence-electron chi connectivity index (χ1n) is 11.2. The van der Waals surface area contributed by atoms with Crippen LogP contribution >= 0.6 is 11.3 Å². The first kappa shape index (κ1) is 21.0. The van der Waals surface area contributed by atoms with Crippen molar-refractivity contribution in [2.24, 2.45) is 5.92 Å². The van der Waals surface area contributed by atoms with Crippen LogP contribution < -0.4 is 4.90 Å². The number of ether oxygens (including phenoxy) is 1. The fourth-order valence-corrected chi connectivity index (χ4v) is 5.90. The Hall–Kier alpha value is -2.27. The summed E-state index contributed by atoms with van der Waals surface area (Å²) in [5.41, 5.74) is 1.93. The molecule has 30 heavy (non-hydrogen) atoms. The number of thiophene rings is 1. The standard InChI is InChI=1S/C25H31NO3S/c1-3-29-24-20-16-21(19-12-8-5-9-13-19)30-25(20)26(17(2)23(24)28)22(27)15-14-18-10-6-4-7-11-18/h5,8-9,12-13,16-18,28H,3-4,6-7,10-11,14-15H2,1-2H3. The third-order valence-corrected chi connectivity index (χ3v) is 7.48. The number of anilines is 1. The van der Waals surface area contributed by atoms with E-state index in [1.54, 1.807) is 16.2 Å². The van der Waals surface area contributed by atoms with Crippen LogP contribution in [0.4, 0.5) is 5.00 Å². The number of rotatable bonds is 6. The second-order valence-corrected chi connectivity index (χ2v) is 9.36. The normalized spacial score (nSPS) is 19.7. The number of hydrogen-bond acceptors (Lipinski definition) is 4. The highest BCUT2D eigenvalue weighted by Gasteiger charge is 2.37. The maximum Gasteiger partial charge on any atom is 0.228 e. The van der Waals surface area contributed by atoms with Crippen molar-refractivity contribution < 1.29 is 14.6 Å². The summed E-state index contributed by atoms with van der Waals surface area (Å²) in [6, 6.07) is 11.8. The number of amides is 1. The number of benzene rings is 1. The Morgan fingerprint density at radius 1 is 1.20 bits per heavy atom. The molecule has 1 aliphatic carbocycles. The average molecular weight is 426 g/mol. The maximum absolute atomic E-state index is 13.3. The lowest BCUT2D eigenvalue weighted by Gasteiger charge is -2.34. The molecule has 0 radical (unpaired) electrons. The maximum atomic E-state index is 13.3. The lowest BCUT2D eigenvalue weighted by Crippen LogP contribution is -2.42. The van der Waals surface area contributed by atoms with Crippen LogP contribution in [0.5, 0.6) is 0 Å². The van der Waals surface area contributed by atoms with Gasteiger partial charge in [0.1, 0.15) is 5.00 Å². The van der Waals surface area contributed by atoms with Gasteiger partial charge in [-0.05, 0) is 37.8 Å². The first-order chi connectivity index (χ1) is 14.6. The van der Waals surface area contributed by atoms with E-state index in [9.17, 15) is 9.90 Å². The van der Waals surface area contributed by atoms with Crippen molar-refractivity contribution in [3.63, 3.8) is 0 Å². The van der Waals surface area contributed by atoms with Crippen molar-refractivity contribution in [3.05, 3.63) is 47.7 Å². The zero-order chi connectivity index (χ0) is 21.1. The summed E-state index contributed by atoms with van der Waals surface area (Å²) in [4.78, 5) is 16.2. The number of hydrogen-bond donors (Lipinski definition) is 1. The Bertz CT molecular complexity index is 912. The van der Waals surface area contributed by atoms with E-state index in [4.69, 9.17) is 4.74 Å². The van der Waals surface area contributed by atoms with Crippen LogP contribution in [0.1, 0.15) is 64.4 Å². The molecule has 1 atom stereocenters. The minimum absolute atomic E-state index is 0.0953. The number of aliphatic hydroxyl groups excluding tert-OH is 1. The highest BCUT2D eigenvalue weighted by atomic mass is 32.1. The van der Waals surface area contributed by atoms with Gasteiger partial charge in [-0.2, -0.15) is 0 Å². The van der Waals surface area contributed by atoms with E-state index in [2.05, 4.69) is 12.1 Å². The van der Waals surface area contributed by atoms with E-state index in [-0.39, 0.29) is 11.7 Å². The lowest BCUT2D eigenvalue weighted by molar-refractivity contribution is -0.119. The van der Waals surface area contributed by atoms with Crippen molar-refractivity contribution >= 4 is 28.0 Å². The Morgan fingerprint density at radius 2 is 1.93 bits per heavy atom. The van der Waals surface area contributed by atoms with Gasteiger partial charge >= 0.3 is 0 Å². The zero-order valence-corrected chi connectivity index (χ0v) is 18.7. The molecular weight excluding hydrogens is 394 g/mol. The third kappa shape index (κ3) is 4.13. The summed E-state index contributed by atoms with van der Waals surface area (Å²) >= 11 is 1.60. The number of aliphatic hydroxyl groups is 1. The van der Waals surface area contributed by atoms with Crippen LogP contribution in [0.2, 0.25) is 0 Å². The molecule has 1 unspecified atom stereocenters. The molecule has 5 heteroatoms. The van der Waals surface area contributed by atoms with E-state index < -0.39 is 6.04 Å². The van der Waals surface area contributed by atoms with Gasteiger partial charge in [0.05, 0.1) is 18.2 Å². The summed E-state index contributed by atoms with van der Waals surface area (Å²) in [6.07, 6.45) is 7.86. The van der Waals surface area contributed by atoms with Gasteiger partial charge in [0.15, 0.2) is 11.5 Å². The van der Waals surface area contributed by atoms with Gasteiger partial charge in [0.25, 0.3) is 0 Å². The average Bonchev–Trinajstić information content (AvgIpc) is 3.21. The topological polar surface area (TPSA) is 49.8 Å². The van der Waals surface area contributed by atoms with Gasteiger partial charge < -0.3 is 9.84 Å². The number of carbonyl (C=O) groups excluding carboxylic acids is 1. The van der Waals surface area contributed by atoms with Gasteiger partial charge in [-0.15, -0.1) is 11.3 Å². The minimum Gasteiger partial charge on any atom is -0.506 e. The third-order valence-electron chi connectivity index (χ3n) is 6.30. The molecule has 2 heterocycles. The second-order valence-electron chi connectivity index (χ2n) is 8.33. The molecule has 1 aromatic carbocycles. The minimum atomic E-state index is -0.417. The van der Waals surface area contributed by atoms with E-state index in [1.165, 1.54) is 32.1 Å². The van der Waals surface area contributed by atoms with E-state index in [0.717, 1.165) is 27.4 Å². The molecule has 1 N–H and O–H groups in total. The smallest absolute Gasteiger partial charge is 0.228 e. The van der Waals surface area contributed by atoms with Crippen molar-refractivity contribution in [1.82, 2.24) is 0 Å². The SMILES string of the molecule is CCOC1=C(O)C(C)N(C(=O)CCC2CCCCC2)c2sc(-c3ccccc3)cc21. The molecule has 1 aliphatic heterocycles. The number of carbonyl (C=O) groups is 1. The van der Waals surface area contributed by atoms with Crippen molar-refractivity contribution in [1.29, 1.82) is 0 Å². The molecular formula is C25H31NO3S. The van der Waals surface area contributed by atoms with Crippen molar-refractivity contribution in [3.8, 4) is 10.4 Å². The monoisotopic (exact) mass is 425 g/mol. The van der Waals surface area contributed by atoms with E-state index in [1.807, 2.05) is 38.1 Å². The Kier molecular flexibility index (Phi) is 6.47. The van der Waals surface area contributed by atoms with Gasteiger partial charge in [-0.1, -0.05) is 62.4 Å². The molecule has 1 saturated carbocycles. The van der Waals surface area contributed by atoms with E-state index >= 15 is 0 Å². The fraction of sp³-hybridized carbons (Fsp3) is 0.480. The lowest BCUT2D eigenvalue weighted by atomic mass is 9.86. The highest BCUT2D eigenvalue weighted by molar-refractivity contribution is 7.20. The second kappa shape index (κ2) is 9.25. The predicted molar refractivity (Wildman–Crippen MR) is 124 cm³/mol. The van der Waals surface area contributed by atoms with Crippen LogP contribution in [0.25, 0.3) is 16.2 Å². The summed E-state index contributed by atoms with van der Waals surface area (Å²) in [5.74, 6) is 1.41. The van der Waals surface area contributed by atoms with Crippen LogP contribution in [-0.4, -0.2) is 23.7 Å². The molecule has 4 rings (SSSR count). The van der Waals surface area contributed by atoms with E-state index in [0.29, 0.717) is 24.7 Å². The molecule has 2 aromatic rings. The first-order valence-corrected chi connectivity index (χ1v) is 12.0. The van der Waals surface area contributed by atoms with Gasteiger partial charge in [-0.25, -0.2) is 0 Å². The van der Waals surface area contributed by atoms with Gasteiger partial charge in [0, 0.05) is 11.3 Å². The summed E-state index contributed by atoms with van der Waals surface area (Å²) in [6.45, 7) is 4.27.